The van der Waals surface area contributed by atoms with Gasteiger partial charge in [0, 0.05) is 11.5 Å². The number of benzene rings is 2. The van der Waals surface area contributed by atoms with Crippen LogP contribution in [0.1, 0.15) is 36.5 Å². The maximum Gasteiger partial charge on any atom is 0.336 e. The third kappa shape index (κ3) is 3.51. The van der Waals surface area contributed by atoms with E-state index in [4.69, 9.17) is 4.42 Å². The zero-order valence-corrected chi connectivity index (χ0v) is 15.3. The lowest BCUT2D eigenvalue weighted by atomic mass is 9.95. The van der Waals surface area contributed by atoms with Crippen molar-refractivity contribution in [1.82, 2.24) is 0 Å². The Kier molecular flexibility index (Phi) is 4.52. The topological polar surface area (TPSA) is 64.3 Å². The van der Waals surface area contributed by atoms with E-state index >= 15 is 0 Å². The Balaban J connectivity index is 2.19. The van der Waals surface area contributed by atoms with E-state index in [2.05, 4.69) is 13.8 Å². The molecular formula is C20H20O4S. The zero-order chi connectivity index (χ0) is 18.2. The smallest absolute Gasteiger partial charge is 0.336 e. The molecule has 0 aliphatic heterocycles. The average molecular weight is 356 g/mol. The van der Waals surface area contributed by atoms with Crippen molar-refractivity contribution in [2.45, 2.75) is 37.3 Å². The molecule has 0 aliphatic carbocycles. The predicted molar refractivity (Wildman–Crippen MR) is 98.6 cm³/mol. The monoisotopic (exact) mass is 356 g/mol. The van der Waals surface area contributed by atoms with Gasteiger partial charge in [-0.05, 0) is 53.8 Å². The van der Waals surface area contributed by atoms with Crippen molar-refractivity contribution in [2.75, 3.05) is 0 Å². The third-order valence-corrected chi connectivity index (χ3v) is 5.97. The standard InChI is InChI=1S/C20H20O4S/c1-13(2)17-11-18-15(10-20(21)24-19(18)9-14(17)3)12-25(22,23)16-7-5-4-6-8-16/h4-11,13H,12H2,1-3H3. The van der Waals surface area contributed by atoms with Crippen LogP contribution >= 0.6 is 0 Å². The molecule has 4 nitrogen and oxygen atoms in total. The molecule has 0 N–H and O–H groups in total. The lowest BCUT2D eigenvalue weighted by Crippen LogP contribution is -2.09. The Morgan fingerprint density at radius 3 is 2.36 bits per heavy atom. The van der Waals surface area contributed by atoms with Crippen LogP contribution in [0.3, 0.4) is 0 Å². The molecule has 130 valence electrons. The summed E-state index contributed by atoms with van der Waals surface area (Å²) in [7, 11) is -3.55. The van der Waals surface area contributed by atoms with Gasteiger partial charge < -0.3 is 4.42 Å². The van der Waals surface area contributed by atoms with Crippen LogP contribution in [0.5, 0.6) is 0 Å². The van der Waals surface area contributed by atoms with E-state index in [9.17, 15) is 13.2 Å². The molecule has 1 aromatic heterocycles. The highest BCUT2D eigenvalue weighted by molar-refractivity contribution is 7.90. The Hall–Kier alpha value is -2.40. The van der Waals surface area contributed by atoms with Gasteiger partial charge in [0.15, 0.2) is 9.84 Å². The van der Waals surface area contributed by atoms with Crippen molar-refractivity contribution in [2.24, 2.45) is 0 Å². The van der Waals surface area contributed by atoms with Crippen LogP contribution in [-0.4, -0.2) is 8.42 Å². The highest BCUT2D eigenvalue weighted by Crippen LogP contribution is 2.28. The molecule has 0 saturated carbocycles. The maximum atomic E-state index is 12.7. The number of aryl methyl sites for hydroxylation is 1. The lowest BCUT2D eigenvalue weighted by Gasteiger charge is -2.13. The predicted octanol–water partition coefficient (Wildman–Crippen LogP) is 4.20. The second kappa shape index (κ2) is 6.48. The molecule has 0 aliphatic rings. The van der Waals surface area contributed by atoms with Gasteiger partial charge in [0.25, 0.3) is 0 Å². The molecular weight excluding hydrogens is 336 g/mol. The van der Waals surface area contributed by atoms with Crippen LogP contribution < -0.4 is 5.63 Å². The van der Waals surface area contributed by atoms with Crippen molar-refractivity contribution in [3.05, 3.63) is 75.6 Å². The van der Waals surface area contributed by atoms with Gasteiger partial charge in [0.05, 0.1) is 10.6 Å². The summed E-state index contributed by atoms with van der Waals surface area (Å²) >= 11 is 0. The Morgan fingerprint density at radius 1 is 1.04 bits per heavy atom. The summed E-state index contributed by atoms with van der Waals surface area (Å²) in [6.45, 7) is 6.11. The number of fused-ring (bicyclic) bond motifs is 1. The van der Waals surface area contributed by atoms with Crippen LogP contribution in [0.2, 0.25) is 0 Å². The number of hydrogen-bond acceptors (Lipinski definition) is 4. The van der Waals surface area contributed by atoms with Crippen LogP contribution in [0, 0.1) is 6.92 Å². The molecule has 0 radical (unpaired) electrons. The quantitative estimate of drug-likeness (QED) is 0.657. The summed E-state index contributed by atoms with van der Waals surface area (Å²) < 4.78 is 30.7. The highest BCUT2D eigenvalue weighted by atomic mass is 32.2. The number of rotatable bonds is 4. The second-order valence-electron chi connectivity index (χ2n) is 6.52. The van der Waals surface area contributed by atoms with E-state index in [0.29, 0.717) is 16.5 Å². The summed E-state index contributed by atoms with van der Waals surface area (Å²) in [5, 5.41) is 0.674. The van der Waals surface area contributed by atoms with Gasteiger partial charge in [-0.1, -0.05) is 32.0 Å². The van der Waals surface area contributed by atoms with Crippen LogP contribution in [0.25, 0.3) is 11.0 Å². The average Bonchev–Trinajstić information content (AvgIpc) is 2.54. The fraction of sp³-hybridized carbons (Fsp3) is 0.250. The van der Waals surface area contributed by atoms with Gasteiger partial charge in [0.2, 0.25) is 0 Å². The summed E-state index contributed by atoms with van der Waals surface area (Å²) in [6.07, 6.45) is 0. The number of sulfone groups is 1. The minimum Gasteiger partial charge on any atom is -0.423 e. The van der Waals surface area contributed by atoms with E-state index in [-0.39, 0.29) is 16.6 Å². The maximum absolute atomic E-state index is 12.7. The van der Waals surface area contributed by atoms with Gasteiger partial charge in [-0.15, -0.1) is 0 Å². The van der Waals surface area contributed by atoms with Crippen molar-refractivity contribution in [3.8, 4) is 0 Å². The number of hydrogen-bond donors (Lipinski definition) is 0. The fourth-order valence-corrected chi connectivity index (χ4v) is 4.44. The van der Waals surface area contributed by atoms with Gasteiger partial charge in [-0.2, -0.15) is 0 Å². The molecule has 0 bridgehead atoms. The van der Waals surface area contributed by atoms with E-state index in [0.717, 1.165) is 11.1 Å². The van der Waals surface area contributed by atoms with Crippen LogP contribution in [0.15, 0.2) is 62.6 Å². The van der Waals surface area contributed by atoms with E-state index in [1.54, 1.807) is 30.3 Å². The summed E-state index contributed by atoms with van der Waals surface area (Å²) in [5.74, 6) is 0.0506. The van der Waals surface area contributed by atoms with Crippen molar-refractivity contribution >= 4 is 20.8 Å². The molecule has 0 saturated heterocycles. The lowest BCUT2D eigenvalue weighted by molar-refractivity contribution is 0.558. The van der Waals surface area contributed by atoms with Gasteiger partial charge in [-0.3, -0.25) is 0 Å². The first-order valence-corrected chi connectivity index (χ1v) is 9.78. The second-order valence-corrected chi connectivity index (χ2v) is 8.51. The van der Waals surface area contributed by atoms with Gasteiger partial charge in [-0.25, -0.2) is 13.2 Å². The Labute approximate surface area is 147 Å². The van der Waals surface area contributed by atoms with E-state index in [1.165, 1.54) is 6.07 Å². The minimum absolute atomic E-state index is 0.236. The van der Waals surface area contributed by atoms with Gasteiger partial charge >= 0.3 is 5.63 Å². The highest BCUT2D eigenvalue weighted by Gasteiger charge is 2.19. The Morgan fingerprint density at radius 2 is 1.72 bits per heavy atom. The largest absolute Gasteiger partial charge is 0.423 e. The minimum atomic E-state index is -3.55. The molecule has 0 atom stereocenters. The summed E-state index contributed by atoms with van der Waals surface area (Å²) in [4.78, 5) is 12.1. The Bertz CT molecular complexity index is 1080. The van der Waals surface area contributed by atoms with Gasteiger partial charge in [0.1, 0.15) is 5.58 Å². The molecule has 0 fully saturated rings. The molecule has 0 spiro atoms. The molecule has 3 rings (SSSR count). The van der Waals surface area contributed by atoms with E-state index in [1.807, 2.05) is 19.1 Å². The first-order chi connectivity index (χ1) is 11.8. The molecule has 0 amide bonds. The first-order valence-electron chi connectivity index (χ1n) is 8.13. The molecule has 5 heteroatoms. The van der Waals surface area contributed by atoms with Crippen molar-refractivity contribution in [1.29, 1.82) is 0 Å². The molecule has 25 heavy (non-hydrogen) atoms. The van der Waals surface area contributed by atoms with Crippen LogP contribution in [0.4, 0.5) is 0 Å². The van der Waals surface area contributed by atoms with Crippen molar-refractivity contribution in [3.63, 3.8) is 0 Å². The molecule has 0 unspecified atom stereocenters. The summed E-state index contributed by atoms with van der Waals surface area (Å²) in [6, 6.07) is 13.3. The zero-order valence-electron chi connectivity index (χ0n) is 14.4. The first kappa shape index (κ1) is 17.4. The fourth-order valence-electron chi connectivity index (χ4n) is 3.05. The molecule has 3 aromatic rings. The molecule has 2 aromatic carbocycles. The van der Waals surface area contributed by atoms with Crippen LogP contribution in [-0.2, 0) is 15.6 Å². The van der Waals surface area contributed by atoms with Crippen molar-refractivity contribution < 1.29 is 12.8 Å². The SMILES string of the molecule is Cc1cc2oc(=O)cc(CS(=O)(=O)c3ccccc3)c2cc1C(C)C. The van der Waals surface area contributed by atoms with E-state index < -0.39 is 15.5 Å². The third-order valence-electron chi connectivity index (χ3n) is 4.29. The molecule has 1 heterocycles. The normalized spacial score (nSPS) is 12.0. The summed E-state index contributed by atoms with van der Waals surface area (Å²) in [5.41, 5.74) is 2.49.